The average molecular weight is 442 g/mol. The number of carbonyl (C=O) groups is 2. The van der Waals surface area contributed by atoms with Crippen molar-refractivity contribution in [3.8, 4) is 5.75 Å². The Kier molecular flexibility index (Phi) is 7.43. The van der Waals surface area contributed by atoms with Crippen LogP contribution in [0.4, 0.5) is 5.69 Å². The largest absolute Gasteiger partial charge is 0.483 e. The lowest BCUT2D eigenvalue weighted by molar-refractivity contribution is -0.118. The molecule has 2 amide bonds. The molecular formula is C22H17Cl2N3O3. The number of anilines is 1. The molecular weight excluding hydrogens is 425 g/mol. The van der Waals surface area contributed by atoms with Gasteiger partial charge in [0.1, 0.15) is 5.75 Å². The SMILES string of the molecule is O=C(COc1ccccc1/C=N/NC(=O)c1ccc(Cl)cc1)Nc1ccccc1Cl. The minimum absolute atomic E-state index is 0.215. The molecule has 0 saturated carbocycles. The predicted molar refractivity (Wildman–Crippen MR) is 119 cm³/mol. The highest BCUT2D eigenvalue weighted by molar-refractivity contribution is 6.33. The molecule has 3 aromatic rings. The Hall–Kier alpha value is -3.35. The fraction of sp³-hybridized carbons (Fsp3) is 0.0455. The Morgan fingerprint density at radius 2 is 1.63 bits per heavy atom. The number of hydrazone groups is 1. The number of ether oxygens (including phenoxy) is 1. The van der Waals surface area contributed by atoms with E-state index < -0.39 is 0 Å². The summed E-state index contributed by atoms with van der Waals surface area (Å²) in [6.45, 7) is -0.215. The summed E-state index contributed by atoms with van der Waals surface area (Å²) in [6, 6.07) is 20.4. The number of benzene rings is 3. The molecule has 152 valence electrons. The number of halogens is 2. The van der Waals surface area contributed by atoms with Gasteiger partial charge >= 0.3 is 0 Å². The standard InChI is InChI=1S/C22H17Cl2N3O3/c23-17-11-9-15(10-12-17)22(29)27-25-13-16-5-1-4-8-20(16)30-14-21(28)26-19-7-3-2-6-18(19)24/h1-13H,14H2,(H,26,28)(H,27,29)/b25-13+. The Labute approximate surface area is 183 Å². The summed E-state index contributed by atoms with van der Waals surface area (Å²) >= 11 is 11.8. The molecule has 0 saturated heterocycles. The zero-order valence-corrected chi connectivity index (χ0v) is 17.2. The van der Waals surface area contributed by atoms with Gasteiger partial charge in [0.2, 0.25) is 0 Å². The first-order valence-electron chi connectivity index (χ1n) is 8.88. The minimum atomic E-state index is -0.375. The summed E-state index contributed by atoms with van der Waals surface area (Å²) in [5.74, 6) is -0.289. The van der Waals surface area contributed by atoms with Gasteiger partial charge in [0.15, 0.2) is 6.61 Å². The topological polar surface area (TPSA) is 79.8 Å². The summed E-state index contributed by atoms with van der Waals surface area (Å²) in [6.07, 6.45) is 1.44. The van der Waals surface area contributed by atoms with Gasteiger partial charge in [-0.15, -0.1) is 0 Å². The van der Waals surface area contributed by atoms with E-state index in [9.17, 15) is 9.59 Å². The number of nitrogens with zero attached hydrogens (tertiary/aromatic N) is 1. The van der Waals surface area contributed by atoms with E-state index in [0.29, 0.717) is 32.6 Å². The van der Waals surface area contributed by atoms with E-state index in [4.69, 9.17) is 27.9 Å². The summed E-state index contributed by atoms with van der Waals surface area (Å²) < 4.78 is 5.59. The van der Waals surface area contributed by atoms with Crippen molar-refractivity contribution in [3.05, 3.63) is 94.0 Å². The number of nitrogens with one attached hydrogen (secondary N) is 2. The molecule has 0 aromatic heterocycles. The van der Waals surface area contributed by atoms with Crippen LogP contribution >= 0.6 is 23.2 Å². The third kappa shape index (κ3) is 6.07. The molecule has 0 spiro atoms. The van der Waals surface area contributed by atoms with Crippen LogP contribution in [0.3, 0.4) is 0 Å². The van der Waals surface area contributed by atoms with Gasteiger partial charge in [0.25, 0.3) is 11.8 Å². The van der Waals surface area contributed by atoms with E-state index in [1.165, 1.54) is 6.21 Å². The van der Waals surface area contributed by atoms with Crippen molar-refractivity contribution in [1.29, 1.82) is 0 Å². The Balaban J connectivity index is 1.58. The lowest BCUT2D eigenvalue weighted by Gasteiger charge is -2.10. The number of rotatable bonds is 7. The summed E-state index contributed by atoms with van der Waals surface area (Å²) in [7, 11) is 0. The molecule has 3 rings (SSSR count). The van der Waals surface area contributed by atoms with Crippen molar-refractivity contribution in [2.24, 2.45) is 5.10 Å². The van der Waals surface area contributed by atoms with E-state index in [0.717, 1.165) is 0 Å². The normalized spacial score (nSPS) is 10.6. The summed E-state index contributed by atoms with van der Waals surface area (Å²) in [4.78, 5) is 24.2. The molecule has 0 aliphatic rings. The Morgan fingerprint density at radius 1 is 0.933 bits per heavy atom. The van der Waals surface area contributed by atoms with Gasteiger partial charge in [0.05, 0.1) is 16.9 Å². The van der Waals surface area contributed by atoms with Crippen molar-refractivity contribution in [1.82, 2.24) is 5.43 Å². The summed E-state index contributed by atoms with van der Waals surface area (Å²) in [5, 5.41) is 7.62. The van der Waals surface area contributed by atoms with Crippen molar-refractivity contribution >= 4 is 46.9 Å². The van der Waals surface area contributed by atoms with Gasteiger partial charge in [-0.2, -0.15) is 5.10 Å². The lowest BCUT2D eigenvalue weighted by atomic mass is 10.2. The maximum atomic E-state index is 12.1. The molecule has 8 heteroatoms. The third-order valence-electron chi connectivity index (χ3n) is 3.90. The molecule has 30 heavy (non-hydrogen) atoms. The second kappa shape index (κ2) is 10.4. The van der Waals surface area contributed by atoms with Gasteiger partial charge in [-0.1, -0.05) is 47.5 Å². The molecule has 3 aromatic carbocycles. The van der Waals surface area contributed by atoms with Crippen LogP contribution in [0, 0.1) is 0 Å². The van der Waals surface area contributed by atoms with Crippen LogP contribution in [0.2, 0.25) is 10.0 Å². The maximum absolute atomic E-state index is 12.1. The smallest absolute Gasteiger partial charge is 0.271 e. The van der Waals surface area contributed by atoms with Gasteiger partial charge < -0.3 is 10.1 Å². The number of hydrogen-bond donors (Lipinski definition) is 2. The summed E-state index contributed by atoms with van der Waals surface area (Å²) in [5.41, 5.74) is 3.97. The van der Waals surface area contributed by atoms with E-state index in [1.54, 1.807) is 72.8 Å². The van der Waals surface area contributed by atoms with Crippen LogP contribution in [-0.2, 0) is 4.79 Å². The molecule has 0 fully saturated rings. The van der Waals surface area contributed by atoms with E-state index in [2.05, 4.69) is 15.8 Å². The Bertz CT molecular complexity index is 1070. The fourth-order valence-corrected chi connectivity index (χ4v) is 2.75. The van der Waals surface area contributed by atoms with E-state index in [-0.39, 0.29) is 18.4 Å². The zero-order valence-electron chi connectivity index (χ0n) is 15.6. The molecule has 2 N–H and O–H groups in total. The highest BCUT2D eigenvalue weighted by Gasteiger charge is 2.08. The second-order valence-corrected chi connectivity index (χ2v) is 6.90. The van der Waals surface area contributed by atoms with Crippen LogP contribution < -0.4 is 15.5 Å². The highest BCUT2D eigenvalue weighted by Crippen LogP contribution is 2.21. The minimum Gasteiger partial charge on any atom is -0.483 e. The van der Waals surface area contributed by atoms with Crippen LogP contribution in [0.1, 0.15) is 15.9 Å². The first-order chi connectivity index (χ1) is 14.5. The molecule has 0 radical (unpaired) electrons. The van der Waals surface area contributed by atoms with E-state index >= 15 is 0 Å². The van der Waals surface area contributed by atoms with Gasteiger partial charge in [0, 0.05) is 16.1 Å². The fourth-order valence-electron chi connectivity index (χ4n) is 2.44. The molecule has 6 nitrogen and oxygen atoms in total. The highest BCUT2D eigenvalue weighted by atomic mass is 35.5. The monoisotopic (exact) mass is 441 g/mol. The number of carbonyl (C=O) groups excluding carboxylic acids is 2. The molecule has 0 atom stereocenters. The maximum Gasteiger partial charge on any atom is 0.271 e. The van der Waals surface area contributed by atoms with Crippen molar-refractivity contribution in [3.63, 3.8) is 0 Å². The van der Waals surface area contributed by atoms with Gasteiger partial charge in [-0.05, 0) is 48.5 Å². The Morgan fingerprint density at radius 3 is 2.40 bits per heavy atom. The zero-order chi connectivity index (χ0) is 21.3. The van der Waals surface area contributed by atoms with Crippen LogP contribution in [0.15, 0.2) is 77.9 Å². The molecule has 0 aliphatic heterocycles. The first-order valence-corrected chi connectivity index (χ1v) is 9.64. The average Bonchev–Trinajstić information content (AvgIpc) is 2.75. The van der Waals surface area contributed by atoms with Crippen LogP contribution in [0.5, 0.6) is 5.75 Å². The number of amides is 2. The number of hydrogen-bond acceptors (Lipinski definition) is 4. The van der Waals surface area contributed by atoms with E-state index in [1.807, 2.05) is 0 Å². The second-order valence-electron chi connectivity index (χ2n) is 6.06. The van der Waals surface area contributed by atoms with Crippen molar-refractivity contribution in [2.75, 3.05) is 11.9 Å². The van der Waals surface area contributed by atoms with Crippen LogP contribution in [-0.4, -0.2) is 24.6 Å². The van der Waals surface area contributed by atoms with Gasteiger partial charge in [-0.3, -0.25) is 9.59 Å². The number of para-hydroxylation sites is 2. The molecule has 0 heterocycles. The lowest BCUT2D eigenvalue weighted by Crippen LogP contribution is -2.21. The first kappa shape index (κ1) is 21.4. The van der Waals surface area contributed by atoms with Crippen molar-refractivity contribution in [2.45, 2.75) is 0 Å². The predicted octanol–water partition coefficient (Wildman–Crippen LogP) is 4.77. The third-order valence-corrected chi connectivity index (χ3v) is 4.48. The molecule has 0 unspecified atom stereocenters. The molecule has 0 bridgehead atoms. The van der Waals surface area contributed by atoms with Crippen LogP contribution in [0.25, 0.3) is 0 Å². The quantitative estimate of drug-likeness (QED) is 0.409. The van der Waals surface area contributed by atoms with Crippen molar-refractivity contribution < 1.29 is 14.3 Å². The molecule has 0 aliphatic carbocycles. The van der Waals surface area contributed by atoms with Gasteiger partial charge in [-0.25, -0.2) is 5.43 Å².